The molecule has 0 bridgehead atoms. The molecule has 0 radical (unpaired) electrons. The van der Waals surface area contributed by atoms with Crippen LogP contribution in [0.25, 0.3) is 11.0 Å². The summed E-state index contributed by atoms with van der Waals surface area (Å²) in [5, 5.41) is 3.68. The summed E-state index contributed by atoms with van der Waals surface area (Å²) in [6, 6.07) is 6.28. The first-order valence-electron chi connectivity index (χ1n) is 7.62. The normalized spacial score (nSPS) is 13.0. The van der Waals surface area contributed by atoms with Crippen molar-refractivity contribution in [2.45, 2.75) is 19.1 Å². The van der Waals surface area contributed by atoms with E-state index in [1.165, 1.54) is 17.0 Å². The van der Waals surface area contributed by atoms with Crippen LogP contribution in [0.15, 0.2) is 45.9 Å². The van der Waals surface area contributed by atoms with Gasteiger partial charge in [0.05, 0.1) is 15.4 Å². The molecule has 5 nitrogen and oxygen atoms in total. The molecule has 0 aliphatic carbocycles. The topological polar surface area (TPSA) is 59.8 Å². The maximum absolute atomic E-state index is 12.9. The molecular weight excluding hydrogens is 413 g/mol. The summed E-state index contributed by atoms with van der Waals surface area (Å²) in [5.74, 6) is 0.427. The van der Waals surface area contributed by atoms with Gasteiger partial charge in [-0.15, -0.1) is 0 Å². The van der Waals surface area contributed by atoms with Crippen molar-refractivity contribution in [2.75, 3.05) is 5.32 Å². The van der Waals surface area contributed by atoms with Crippen LogP contribution >= 0.6 is 15.9 Å². The van der Waals surface area contributed by atoms with Crippen LogP contribution in [0.4, 0.5) is 19.0 Å². The minimum atomic E-state index is -4.40. The van der Waals surface area contributed by atoms with Crippen molar-refractivity contribution in [1.29, 1.82) is 0 Å². The van der Waals surface area contributed by atoms with Gasteiger partial charge in [0, 0.05) is 13.1 Å². The molecule has 26 heavy (non-hydrogen) atoms. The standard InChI is InChI=1S/C17H14BrF3N4O/c1-9(10-4-3-5-11(6-10)17(19,20)21)24-14-12-7-13(18)16(26)25(2)15(12)23-8-22-14/h3-9H,1-2H3,(H,22,23,24). The van der Waals surface area contributed by atoms with E-state index in [2.05, 4.69) is 31.2 Å². The highest BCUT2D eigenvalue weighted by atomic mass is 79.9. The van der Waals surface area contributed by atoms with Crippen molar-refractivity contribution in [3.05, 3.63) is 62.6 Å². The molecule has 136 valence electrons. The quantitative estimate of drug-likeness (QED) is 0.678. The van der Waals surface area contributed by atoms with E-state index >= 15 is 0 Å². The fraction of sp³-hybridized carbons (Fsp3) is 0.235. The number of halogens is 4. The number of anilines is 1. The molecule has 1 unspecified atom stereocenters. The maximum Gasteiger partial charge on any atom is 0.416 e. The van der Waals surface area contributed by atoms with Crippen molar-refractivity contribution in [1.82, 2.24) is 14.5 Å². The number of pyridine rings is 1. The molecule has 1 aromatic carbocycles. The first-order chi connectivity index (χ1) is 12.2. The lowest BCUT2D eigenvalue weighted by molar-refractivity contribution is -0.137. The van der Waals surface area contributed by atoms with Gasteiger partial charge in [-0.3, -0.25) is 9.36 Å². The van der Waals surface area contributed by atoms with E-state index in [1.807, 2.05) is 0 Å². The highest BCUT2D eigenvalue weighted by molar-refractivity contribution is 9.10. The molecular formula is C17H14BrF3N4O. The number of nitrogens with zero attached hydrogens (tertiary/aromatic N) is 3. The Labute approximate surface area is 155 Å². The van der Waals surface area contributed by atoms with Crippen molar-refractivity contribution >= 4 is 32.8 Å². The fourth-order valence-electron chi connectivity index (χ4n) is 2.62. The summed E-state index contributed by atoms with van der Waals surface area (Å²) >= 11 is 3.20. The minimum absolute atomic E-state index is 0.243. The van der Waals surface area contributed by atoms with E-state index in [0.29, 0.717) is 26.9 Å². The number of fused-ring (bicyclic) bond motifs is 1. The zero-order valence-corrected chi connectivity index (χ0v) is 15.4. The second-order valence-corrected chi connectivity index (χ2v) is 6.66. The van der Waals surface area contributed by atoms with Gasteiger partial charge < -0.3 is 5.32 Å². The first-order valence-corrected chi connectivity index (χ1v) is 8.41. The van der Waals surface area contributed by atoms with Crippen LogP contribution in [-0.4, -0.2) is 14.5 Å². The molecule has 0 aliphatic heterocycles. The van der Waals surface area contributed by atoms with Gasteiger partial charge in [-0.25, -0.2) is 9.97 Å². The predicted molar refractivity (Wildman–Crippen MR) is 96.0 cm³/mol. The Kier molecular flexibility index (Phi) is 4.74. The van der Waals surface area contributed by atoms with Crippen LogP contribution < -0.4 is 10.9 Å². The lowest BCUT2D eigenvalue weighted by Crippen LogP contribution is -2.19. The van der Waals surface area contributed by atoms with E-state index in [-0.39, 0.29) is 5.56 Å². The van der Waals surface area contributed by atoms with Crippen LogP contribution in [0.5, 0.6) is 0 Å². The average molecular weight is 427 g/mol. The number of alkyl halides is 3. The van der Waals surface area contributed by atoms with Crippen LogP contribution in [-0.2, 0) is 13.2 Å². The summed E-state index contributed by atoms with van der Waals surface area (Å²) in [6.45, 7) is 1.74. The molecule has 0 saturated carbocycles. The van der Waals surface area contributed by atoms with Gasteiger partial charge in [0.2, 0.25) is 0 Å². The van der Waals surface area contributed by atoms with Gasteiger partial charge in [0.15, 0.2) is 0 Å². The number of rotatable bonds is 3. The van der Waals surface area contributed by atoms with E-state index in [1.54, 1.807) is 26.1 Å². The summed E-state index contributed by atoms with van der Waals surface area (Å²) in [7, 11) is 1.59. The first kappa shape index (κ1) is 18.4. The second kappa shape index (κ2) is 6.71. The van der Waals surface area contributed by atoms with E-state index < -0.39 is 17.8 Å². The van der Waals surface area contributed by atoms with Crippen molar-refractivity contribution < 1.29 is 13.2 Å². The van der Waals surface area contributed by atoms with E-state index in [4.69, 9.17) is 0 Å². The highest BCUT2D eigenvalue weighted by Crippen LogP contribution is 2.32. The van der Waals surface area contributed by atoms with Crippen LogP contribution in [0.3, 0.4) is 0 Å². The summed E-state index contributed by atoms with van der Waals surface area (Å²) in [4.78, 5) is 20.3. The third-order valence-electron chi connectivity index (χ3n) is 4.03. The van der Waals surface area contributed by atoms with E-state index in [0.717, 1.165) is 12.1 Å². The van der Waals surface area contributed by atoms with Crippen LogP contribution in [0, 0.1) is 0 Å². The van der Waals surface area contributed by atoms with Crippen LogP contribution in [0.1, 0.15) is 24.1 Å². The predicted octanol–water partition coefficient (Wildman–Crippen LogP) is 4.28. The summed E-state index contributed by atoms with van der Waals surface area (Å²) in [6.07, 6.45) is -3.10. The number of nitrogens with one attached hydrogen (secondary N) is 1. The smallest absolute Gasteiger partial charge is 0.363 e. The fourth-order valence-corrected chi connectivity index (χ4v) is 3.11. The number of benzene rings is 1. The van der Waals surface area contributed by atoms with Crippen molar-refractivity contribution in [3.63, 3.8) is 0 Å². The van der Waals surface area contributed by atoms with Gasteiger partial charge in [-0.05, 0) is 46.6 Å². The highest BCUT2D eigenvalue weighted by Gasteiger charge is 2.30. The summed E-state index contributed by atoms with van der Waals surface area (Å²) in [5.41, 5.74) is -0.0585. The molecule has 3 rings (SSSR count). The maximum atomic E-state index is 12.9. The molecule has 9 heteroatoms. The van der Waals surface area contributed by atoms with Gasteiger partial charge in [-0.2, -0.15) is 13.2 Å². The molecule has 2 heterocycles. The van der Waals surface area contributed by atoms with Gasteiger partial charge in [0.25, 0.3) is 5.56 Å². The molecule has 0 fully saturated rings. The molecule has 2 aromatic heterocycles. The molecule has 1 N–H and O–H groups in total. The number of hydrogen-bond donors (Lipinski definition) is 1. The van der Waals surface area contributed by atoms with Crippen molar-refractivity contribution in [2.24, 2.45) is 7.05 Å². The molecule has 3 aromatic rings. The number of aryl methyl sites for hydroxylation is 1. The van der Waals surface area contributed by atoms with E-state index in [9.17, 15) is 18.0 Å². The molecule has 0 amide bonds. The Morgan fingerprint density at radius 1 is 1.23 bits per heavy atom. The Morgan fingerprint density at radius 3 is 2.65 bits per heavy atom. The Hall–Kier alpha value is -2.42. The molecule has 0 aliphatic rings. The average Bonchev–Trinajstić information content (AvgIpc) is 2.60. The molecule has 0 saturated heterocycles. The zero-order chi connectivity index (χ0) is 19.1. The second-order valence-electron chi connectivity index (χ2n) is 5.81. The monoisotopic (exact) mass is 426 g/mol. The Morgan fingerprint density at radius 2 is 1.96 bits per heavy atom. The molecule has 0 spiro atoms. The van der Waals surface area contributed by atoms with Crippen LogP contribution in [0.2, 0.25) is 0 Å². The lowest BCUT2D eigenvalue weighted by atomic mass is 10.0. The third-order valence-corrected chi connectivity index (χ3v) is 4.60. The lowest BCUT2D eigenvalue weighted by Gasteiger charge is -2.18. The molecule has 1 atom stereocenters. The van der Waals surface area contributed by atoms with Gasteiger partial charge in [-0.1, -0.05) is 12.1 Å². The third kappa shape index (κ3) is 3.44. The minimum Gasteiger partial charge on any atom is -0.363 e. The van der Waals surface area contributed by atoms with Gasteiger partial charge in [0.1, 0.15) is 17.8 Å². The zero-order valence-electron chi connectivity index (χ0n) is 13.8. The SMILES string of the molecule is CC(Nc1ncnc2c1cc(Br)c(=O)n2C)c1cccc(C(F)(F)F)c1. The Bertz CT molecular complexity index is 1030. The number of aromatic nitrogens is 3. The summed E-state index contributed by atoms with van der Waals surface area (Å²) < 4.78 is 40.5. The Balaban J connectivity index is 2.01. The largest absolute Gasteiger partial charge is 0.416 e. The number of hydrogen-bond acceptors (Lipinski definition) is 4. The van der Waals surface area contributed by atoms with Gasteiger partial charge >= 0.3 is 6.18 Å². The van der Waals surface area contributed by atoms with Crippen molar-refractivity contribution in [3.8, 4) is 0 Å².